The Balaban J connectivity index is 1.76. The van der Waals surface area contributed by atoms with Crippen molar-refractivity contribution in [3.05, 3.63) is 100 Å². The molecule has 1 heterocycles. The molecular formula is C27H28N4O2. The monoisotopic (exact) mass is 440 g/mol. The minimum atomic E-state index is -0.460. The fraction of sp³-hybridized carbons (Fsp3) is 0.222. The van der Waals surface area contributed by atoms with Gasteiger partial charge >= 0.3 is 6.03 Å². The number of aromatic nitrogens is 2. The molecule has 1 unspecified atom stereocenters. The van der Waals surface area contributed by atoms with E-state index in [9.17, 15) is 9.59 Å². The second-order valence-electron chi connectivity index (χ2n) is 8.23. The molecule has 4 aromatic rings. The molecule has 0 saturated heterocycles. The molecule has 0 fully saturated rings. The Morgan fingerprint density at radius 2 is 1.70 bits per heavy atom. The van der Waals surface area contributed by atoms with E-state index in [1.54, 1.807) is 22.6 Å². The van der Waals surface area contributed by atoms with Gasteiger partial charge in [-0.05, 0) is 62.2 Å². The second kappa shape index (κ2) is 9.28. The van der Waals surface area contributed by atoms with Crippen molar-refractivity contribution in [3.63, 3.8) is 0 Å². The van der Waals surface area contributed by atoms with Crippen molar-refractivity contribution in [1.82, 2.24) is 14.5 Å². The van der Waals surface area contributed by atoms with Crippen LogP contribution in [0.2, 0.25) is 0 Å². The highest BCUT2D eigenvalue weighted by atomic mass is 16.2. The summed E-state index contributed by atoms with van der Waals surface area (Å²) >= 11 is 0. The summed E-state index contributed by atoms with van der Waals surface area (Å²) in [6.07, 6.45) is 0.913. The molecule has 3 aromatic carbocycles. The van der Waals surface area contributed by atoms with Crippen LogP contribution in [0.4, 0.5) is 10.5 Å². The van der Waals surface area contributed by atoms with E-state index in [2.05, 4.69) is 12.2 Å². The number of carbonyl (C=O) groups is 1. The summed E-state index contributed by atoms with van der Waals surface area (Å²) in [6.45, 7) is 5.97. The maximum absolute atomic E-state index is 13.5. The number of rotatable bonds is 5. The van der Waals surface area contributed by atoms with Crippen molar-refractivity contribution in [2.45, 2.75) is 33.2 Å². The van der Waals surface area contributed by atoms with Gasteiger partial charge < -0.3 is 10.2 Å². The van der Waals surface area contributed by atoms with Gasteiger partial charge in [0.2, 0.25) is 0 Å². The number of benzene rings is 3. The summed E-state index contributed by atoms with van der Waals surface area (Å²) in [4.78, 5) is 32.9. The van der Waals surface area contributed by atoms with Crippen LogP contribution in [0, 0.1) is 6.92 Å². The summed E-state index contributed by atoms with van der Waals surface area (Å²) in [7, 11) is 1.71. The lowest BCUT2D eigenvalue weighted by Gasteiger charge is -2.27. The van der Waals surface area contributed by atoms with Crippen LogP contribution < -0.4 is 10.9 Å². The van der Waals surface area contributed by atoms with Crippen LogP contribution in [0.3, 0.4) is 0 Å². The van der Waals surface area contributed by atoms with E-state index in [1.165, 1.54) is 5.56 Å². The first-order valence-electron chi connectivity index (χ1n) is 11.1. The third-order valence-corrected chi connectivity index (χ3v) is 5.98. The van der Waals surface area contributed by atoms with E-state index >= 15 is 0 Å². The van der Waals surface area contributed by atoms with Crippen molar-refractivity contribution in [3.8, 4) is 5.69 Å². The summed E-state index contributed by atoms with van der Waals surface area (Å²) in [5.74, 6) is 0.504. The minimum Gasteiger partial charge on any atom is -0.318 e. The van der Waals surface area contributed by atoms with E-state index in [-0.39, 0.29) is 11.6 Å². The minimum absolute atomic E-state index is 0.154. The van der Waals surface area contributed by atoms with Crippen molar-refractivity contribution < 1.29 is 4.79 Å². The molecule has 0 aliphatic rings. The fourth-order valence-corrected chi connectivity index (χ4v) is 3.76. The molecule has 33 heavy (non-hydrogen) atoms. The van der Waals surface area contributed by atoms with Crippen molar-refractivity contribution in [1.29, 1.82) is 0 Å². The van der Waals surface area contributed by atoms with Gasteiger partial charge in [-0.1, -0.05) is 48.9 Å². The second-order valence-corrected chi connectivity index (χ2v) is 8.23. The Labute approximate surface area is 193 Å². The molecule has 0 aliphatic carbocycles. The molecule has 0 saturated carbocycles. The Kier molecular flexibility index (Phi) is 6.27. The maximum atomic E-state index is 13.5. The molecule has 4 rings (SSSR count). The lowest BCUT2D eigenvalue weighted by atomic mass is 10.1. The molecule has 6 heteroatoms. The van der Waals surface area contributed by atoms with Crippen LogP contribution in [0.25, 0.3) is 16.6 Å². The Morgan fingerprint density at radius 3 is 2.36 bits per heavy atom. The molecule has 0 radical (unpaired) electrons. The molecule has 1 atom stereocenters. The number of hydrogen-bond acceptors (Lipinski definition) is 3. The standard InChI is InChI=1S/C27H28N4O2/c1-5-20-12-16-22(17-13-20)31-25(29-24-9-7-6-8-23(24)26(31)32)19(3)30(4)27(33)28-21-14-10-18(2)11-15-21/h6-17,19H,5H2,1-4H3,(H,28,33). The first-order chi connectivity index (χ1) is 15.9. The summed E-state index contributed by atoms with van der Waals surface area (Å²) in [6, 6.07) is 22.1. The zero-order chi connectivity index (χ0) is 23.5. The average Bonchev–Trinajstić information content (AvgIpc) is 2.84. The predicted octanol–water partition coefficient (Wildman–Crippen LogP) is 5.48. The Morgan fingerprint density at radius 1 is 1.03 bits per heavy atom. The largest absolute Gasteiger partial charge is 0.322 e. The van der Waals surface area contributed by atoms with Crippen LogP contribution in [0.1, 0.15) is 36.8 Å². The molecule has 168 valence electrons. The molecule has 1 N–H and O–H groups in total. The Bertz CT molecular complexity index is 1340. The topological polar surface area (TPSA) is 67.2 Å². The van der Waals surface area contributed by atoms with Gasteiger partial charge in [0.15, 0.2) is 0 Å². The lowest BCUT2D eigenvalue weighted by molar-refractivity contribution is 0.205. The van der Waals surface area contributed by atoms with E-state index in [0.29, 0.717) is 22.4 Å². The average molecular weight is 441 g/mol. The van der Waals surface area contributed by atoms with E-state index in [0.717, 1.165) is 17.7 Å². The van der Waals surface area contributed by atoms with Crippen LogP contribution in [-0.4, -0.2) is 27.5 Å². The van der Waals surface area contributed by atoms with Crippen molar-refractivity contribution in [2.24, 2.45) is 0 Å². The first kappa shape index (κ1) is 22.3. The Hall–Kier alpha value is -3.93. The van der Waals surface area contributed by atoms with Gasteiger partial charge in [0, 0.05) is 12.7 Å². The third kappa shape index (κ3) is 4.51. The highest BCUT2D eigenvalue weighted by molar-refractivity contribution is 5.89. The van der Waals surface area contributed by atoms with Crippen LogP contribution in [0.15, 0.2) is 77.6 Å². The predicted molar refractivity (Wildman–Crippen MR) is 133 cm³/mol. The van der Waals surface area contributed by atoms with Gasteiger partial charge in [-0.2, -0.15) is 0 Å². The number of aryl methyl sites for hydroxylation is 2. The fourth-order valence-electron chi connectivity index (χ4n) is 3.76. The summed E-state index contributed by atoms with van der Waals surface area (Å²) < 4.78 is 1.61. The highest BCUT2D eigenvalue weighted by Gasteiger charge is 2.24. The number of amides is 2. The molecule has 6 nitrogen and oxygen atoms in total. The quantitative estimate of drug-likeness (QED) is 0.447. The van der Waals surface area contributed by atoms with Gasteiger partial charge in [-0.15, -0.1) is 0 Å². The molecule has 0 bridgehead atoms. The highest BCUT2D eigenvalue weighted by Crippen LogP contribution is 2.23. The van der Waals surface area contributed by atoms with Gasteiger partial charge in [0.1, 0.15) is 5.82 Å². The summed E-state index contributed by atoms with van der Waals surface area (Å²) in [5, 5.41) is 3.46. The molecule has 1 aromatic heterocycles. The molecule has 2 amide bonds. The zero-order valence-corrected chi connectivity index (χ0v) is 19.4. The molecular weight excluding hydrogens is 412 g/mol. The summed E-state index contributed by atoms with van der Waals surface area (Å²) in [5.41, 5.74) is 4.20. The first-order valence-corrected chi connectivity index (χ1v) is 11.1. The number of nitrogens with one attached hydrogen (secondary N) is 1. The number of fused-ring (bicyclic) bond motifs is 1. The van der Waals surface area contributed by atoms with E-state index < -0.39 is 6.04 Å². The van der Waals surface area contributed by atoms with Gasteiger partial charge in [0.05, 0.1) is 22.6 Å². The van der Waals surface area contributed by atoms with Gasteiger partial charge in [0.25, 0.3) is 5.56 Å². The lowest BCUT2D eigenvalue weighted by Crippen LogP contribution is -2.37. The SMILES string of the molecule is CCc1ccc(-n2c(C(C)N(C)C(=O)Nc3ccc(C)cc3)nc3ccccc3c2=O)cc1. The van der Waals surface area contributed by atoms with Gasteiger partial charge in [-0.25, -0.2) is 9.78 Å². The smallest absolute Gasteiger partial charge is 0.318 e. The number of para-hydroxylation sites is 1. The van der Waals surface area contributed by atoms with Crippen LogP contribution in [-0.2, 0) is 6.42 Å². The number of nitrogens with zero attached hydrogens (tertiary/aromatic N) is 3. The zero-order valence-electron chi connectivity index (χ0n) is 19.4. The number of hydrogen-bond donors (Lipinski definition) is 1. The van der Waals surface area contributed by atoms with E-state index in [1.807, 2.05) is 80.6 Å². The van der Waals surface area contributed by atoms with Crippen LogP contribution in [0.5, 0.6) is 0 Å². The van der Waals surface area contributed by atoms with Crippen molar-refractivity contribution >= 4 is 22.6 Å². The van der Waals surface area contributed by atoms with Crippen LogP contribution >= 0.6 is 0 Å². The normalized spacial score (nSPS) is 11.9. The maximum Gasteiger partial charge on any atom is 0.322 e. The van der Waals surface area contributed by atoms with Crippen molar-refractivity contribution in [2.75, 3.05) is 12.4 Å². The molecule has 0 spiro atoms. The van der Waals surface area contributed by atoms with E-state index in [4.69, 9.17) is 4.98 Å². The number of anilines is 1. The van der Waals surface area contributed by atoms with Gasteiger partial charge in [-0.3, -0.25) is 9.36 Å². The number of urea groups is 1. The number of carbonyl (C=O) groups excluding carboxylic acids is 1. The third-order valence-electron chi connectivity index (χ3n) is 5.98. The molecule has 0 aliphatic heterocycles.